The molecule has 0 aliphatic heterocycles. The van der Waals surface area contributed by atoms with Crippen LogP contribution in [0.1, 0.15) is 44.2 Å². The van der Waals surface area contributed by atoms with Crippen LogP contribution in [0, 0.1) is 0 Å². The van der Waals surface area contributed by atoms with Crippen LogP contribution < -0.4 is 0 Å². The fourth-order valence-electron chi connectivity index (χ4n) is 3.71. The molecule has 3 rings (SSSR count). The third-order valence-electron chi connectivity index (χ3n) is 4.78. The molecular formula is C23H30OSi. The molecule has 2 heteroatoms. The van der Waals surface area contributed by atoms with E-state index < -0.39 is 8.32 Å². The summed E-state index contributed by atoms with van der Waals surface area (Å²) in [5.41, 5.74) is 10.0. The first-order valence-corrected chi connectivity index (χ1v) is 12.8. The molecule has 25 heavy (non-hydrogen) atoms. The first-order chi connectivity index (χ1) is 11.9. The molecule has 1 aromatic rings. The van der Waals surface area contributed by atoms with Gasteiger partial charge in [-0.3, -0.25) is 0 Å². The fraction of sp³-hybridized carbons (Fsp3) is 0.391. The monoisotopic (exact) mass is 350 g/mol. The minimum Gasteiger partial charge on any atom is -0.418 e. The van der Waals surface area contributed by atoms with Crippen LogP contribution in [0.4, 0.5) is 0 Å². The smallest absolute Gasteiger partial charge is 0.183 e. The first-order valence-electron chi connectivity index (χ1n) is 9.38. The number of fused-ring (bicyclic) bond motifs is 1. The molecule has 0 aromatic heterocycles. The number of hydrogen-bond acceptors (Lipinski definition) is 1. The lowest BCUT2D eigenvalue weighted by molar-refractivity contribution is 0.305. The van der Waals surface area contributed by atoms with E-state index in [1.165, 1.54) is 39.0 Å². The zero-order chi connectivity index (χ0) is 18.0. The van der Waals surface area contributed by atoms with Crippen LogP contribution in [-0.2, 0) is 4.43 Å². The summed E-state index contributed by atoms with van der Waals surface area (Å²) in [5.74, 6) is 0. The second kappa shape index (κ2) is 7.31. The predicted octanol–water partition coefficient (Wildman–Crippen LogP) is 6.77. The van der Waals surface area contributed by atoms with Gasteiger partial charge in [0.05, 0.1) is 0 Å². The summed E-state index contributed by atoms with van der Waals surface area (Å²) in [6.45, 7) is 12.1. The maximum absolute atomic E-state index is 6.03. The fourth-order valence-corrected chi connectivity index (χ4v) is 4.47. The Morgan fingerprint density at radius 1 is 1.12 bits per heavy atom. The van der Waals surface area contributed by atoms with Crippen LogP contribution in [-0.4, -0.2) is 14.9 Å². The van der Waals surface area contributed by atoms with E-state index in [1.54, 1.807) is 0 Å². The van der Waals surface area contributed by atoms with Crippen molar-refractivity contribution in [3.05, 3.63) is 69.8 Å². The normalized spacial score (nSPS) is 16.5. The van der Waals surface area contributed by atoms with Crippen molar-refractivity contribution in [2.75, 3.05) is 6.61 Å². The summed E-state index contributed by atoms with van der Waals surface area (Å²) in [7, 11) is -1.40. The Morgan fingerprint density at radius 2 is 1.88 bits per heavy atom. The highest BCUT2D eigenvalue weighted by Gasteiger charge is 2.24. The Hall–Kier alpha value is -1.64. The number of hydrogen-bond donors (Lipinski definition) is 0. The summed E-state index contributed by atoms with van der Waals surface area (Å²) in [6.07, 6.45) is 10.3. The zero-order valence-corrected chi connectivity index (χ0v) is 17.3. The summed E-state index contributed by atoms with van der Waals surface area (Å²) in [6, 6.07) is 8.77. The van der Waals surface area contributed by atoms with Crippen LogP contribution >= 0.6 is 0 Å². The molecule has 0 heterocycles. The molecule has 0 spiro atoms. The third-order valence-corrected chi connectivity index (χ3v) is 5.85. The van der Waals surface area contributed by atoms with Gasteiger partial charge in [0.15, 0.2) is 8.32 Å². The molecule has 132 valence electrons. The van der Waals surface area contributed by atoms with Crippen molar-refractivity contribution in [2.45, 2.75) is 52.8 Å². The van der Waals surface area contributed by atoms with Gasteiger partial charge in [-0.15, -0.1) is 0 Å². The van der Waals surface area contributed by atoms with E-state index in [9.17, 15) is 0 Å². The van der Waals surface area contributed by atoms with Gasteiger partial charge in [-0.25, -0.2) is 0 Å². The number of benzene rings is 1. The average Bonchev–Trinajstić information content (AvgIpc) is 3.14. The number of rotatable bonds is 6. The largest absolute Gasteiger partial charge is 0.418 e. The first kappa shape index (κ1) is 18.2. The second-order valence-electron chi connectivity index (χ2n) is 8.19. The summed E-state index contributed by atoms with van der Waals surface area (Å²) in [5, 5.41) is 0. The van der Waals surface area contributed by atoms with Crippen molar-refractivity contribution < 1.29 is 4.43 Å². The van der Waals surface area contributed by atoms with Gasteiger partial charge < -0.3 is 4.43 Å². The summed E-state index contributed by atoms with van der Waals surface area (Å²) in [4.78, 5) is 0. The Bertz CT molecular complexity index is 781. The van der Waals surface area contributed by atoms with Gasteiger partial charge in [0, 0.05) is 6.61 Å². The topological polar surface area (TPSA) is 9.23 Å². The van der Waals surface area contributed by atoms with Crippen molar-refractivity contribution in [1.29, 1.82) is 0 Å². The van der Waals surface area contributed by atoms with E-state index in [-0.39, 0.29) is 0 Å². The van der Waals surface area contributed by atoms with E-state index in [2.05, 4.69) is 76.0 Å². The Kier molecular flexibility index (Phi) is 5.31. The highest BCUT2D eigenvalue weighted by Crippen LogP contribution is 2.44. The van der Waals surface area contributed by atoms with Gasteiger partial charge >= 0.3 is 0 Å². The summed E-state index contributed by atoms with van der Waals surface area (Å²) < 4.78 is 6.03. The molecule has 2 aliphatic rings. The maximum atomic E-state index is 6.03. The number of allylic oxidation sites excluding steroid dienone is 7. The Balaban J connectivity index is 1.82. The molecule has 0 amide bonds. The van der Waals surface area contributed by atoms with Crippen LogP contribution in [0.2, 0.25) is 19.6 Å². The van der Waals surface area contributed by atoms with Gasteiger partial charge in [0.25, 0.3) is 0 Å². The standard InChI is InChI=1S/C23H30OSi/c1-17(2)23-21-13-7-6-10-19(21)16-22(23)20-14-8-11-18(20)12-9-15-24-25(3,4)5/h6-8,10-11,13,16H,9,12,14-15H2,1-5H3. The highest BCUT2D eigenvalue weighted by atomic mass is 28.4. The molecular weight excluding hydrogens is 320 g/mol. The van der Waals surface area contributed by atoms with Crippen molar-refractivity contribution in [2.24, 2.45) is 0 Å². The molecule has 1 aromatic carbocycles. The van der Waals surface area contributed by atoms with Crippen LogP contribution in [0.25, 0.3) is 11.6 Å². The van der Waals surface area contributed by atoms with E-state index in [0.717, 1.165) is 25.9 Å². The maximum Gasteiger partial charge on any atom is 0.183 e. The van der Waals surface area contributed by atoms with Crippen molar-refractivity contribution >= 4 is 20.0 Å². The van der Waals surface area contributed by atoms with E-state index in [1.807, 2.05) is 0 Å². The second-order valence-corrected chi connectivity index (χ2v) is 12.7. The van der Waals surface area contributed by atoms with E-state index >= 15 is 0 Å². The molecule has 0 radical (unpaired) electrons. The molecule has 2 aliphatic carbocycles. The van der Waals surface area contributed by atoms with Crippen LogP contribution in [0.15, 0.2) is 58.7 Å². The SMILES string of the molecule is CC(C)=C1C(C2=C(CCCO[Si](C)(C)C)C=CC2)=Cc2ccccc21. The molecule has 0 saturated heterocycles. The average molecular weight is 351 g/mol. The molecule has 1 nitrogen and oxygen atoms in total. The lowest BCUT2D eigenvalue weighted by Crippen LogP contribution is -2.25. The molecule has 0 unspecified atom stereocenters. The molecule has 0 fully saturated rings. The van der Waals surface area contributed by atoms with Gasteiger partial charge in [0.2, 0.25) is 0 Å². The van der Waals surface area contributed by atoms with Gasteiger partial charge in [0.1, 0.15) is 0 Å². The van der Waals surface area contributed by atoms with Crippen LogP contribution in [0.3, 0.4) is 0 Å². The lowest BCUT2D eigenvalue weighted by atomic mass is 9.90. The minimum atomic E-state index is -1.40. The molecule has 0 saturated carbocycles. The van der Waals surface area contributed by atoms with Gasteiger partial charge in [-0.1, -0.05) is 42.0 Å². The molecule has 0 atom stereocenters. The van der Waals surface area contributed by atoms with Gasteiger partial charge in [-0.05, 0) is 92.2 Å². The molecule has 0 bridgehead atoms. The Labute approximate surface area is 153 Å². The Morgan fingerprint density at radius 3 is 2.60 bits per heavy atom. The minimum absolute atomic E-state index is 0.884. The van der Waals surface area contributed by atoms with Crippen LogP contribution in [0.5, 0.6) is 0 Å². The van der Waals surface area contributed by atoms with Crippen molar-refractivity contribution in [3.8, 4) is 0 Å². The van der Waals surface area contributed by atoms with Crippen molar-refractivity contribution in [3.63, 3.8) is 0 Å². The van der Waals surface area contributed by atoms with Gasteiger partial charge in [-0.2, -0.15) is 0 Å². The summed E-state index contributed by atoms with van der Waals surface area (Å²) >= 11 is 0. The van der Waals surface area contributed by atoms with E-state index in [0.29, 0.717) is 0 Å². The zero-order valence-electron chi connectivity index (χ0n) is 16.3. The third kappa shape index (κ3) is 4.13. The molecule has 0 N–H and O–H groups in total. The van der Waals surface area contributed by atoms with Crippen molar-refractivity contribution in [1.82, 2.24) is 0 Å². The highest BCUT2D eigenvalue weighted by molar-refractivity contribution is 6.69. The predicted molar refractivity (Wildman–Crippen MR) is 112 cm³/mol. The lowest BCUT2D eigenvalue weighted by Gasteiger charge is -2.17. The quantitative estimate of drug-likeness (QED) is 0.406. The van der Waals surface area contributed by atoms with E-state index in [4.69, 9.17) is 4.43 Å².